The average molecular weight is 423 g/mol. The Bertz CT molecular complexity index is 1230. The van der Waals surface area contributed by atoms with E-state index < -0.39 is 0 Å². The lowest BCUT2D eigenvalue weighted by molar-refractivity contribution is 0.102. The van der Waals surface area contributed by atoms with Crippen LogP contribution >= 0.6 is 11.3 Å². The zero-order valence-electron chi connectivity index (χ0n) is 17.2. The monoisotopic (exact) mass is 422 g/mol. The largest absolute Gasteiger partial charge is 0.493 e. The molecule has 0 radical (unpaired) electrons. The number of fused-ring (bicyclic) bond motifs is 1. The second-order valence-corrected chi connectivity index (χ2v) is 7.62. The molecule has 0 unspecified atom stereocenters. The van der Waals surface area contributed by atoms with Gasteiger partial charge in [0.25, 0.3) is 5.91 Å². The lowest BCUT2D eigenvalue weighted by Gasteiger charge is -2.08. The molecule has 0 saturated heterocycles. The van der Waals surface area contributed by atoms with Crippen LogP contribution in [0.15, 0.2) is 42.5 Å². The predicted molar refractivity (Wildman–Crippen MR) is 119 cm³/mol. The number of amides is 1. The summed E-state index contributed by atoms with van der Waals surface area (Å²) in [6.07, 6.45) is 0. The number of hydrogen-bond donors (Lipinski definition) is 1. The fourth-order valence-electron chi connectivity index (χ4n) is 3.35. The molecule has 0 aliphatic rings. The van der Waals surface area contributed by atoms with E-state index in [4.69, 9.17) is 9.47 Å². The molecule has 0 bridgehead atoms. The number of imidazole rings is 1. The molecule has 0 atom stereocenters. The number of anilines is 1. The van der Waals surface area contributed by atoms with Gasteiger partial charge >= 0.3 is 0 Å². The number of nitrogens with one attached hydrogen (secondary N) is 1. The third kappa shape index (κ3) is 3.50. The van der Waals surface area contributed by atoms with E-state index in [1.807, 2.05) is 60.9 Å². The molecule has 154 valence electrons. The van der Waals surface area contributed by atoms with Crippen molar-refractivity contribution in [3.8, 4) is 22.1 Å². The van der Waals surface area contributed by atoms with Gasteiger partial charge in [-0.05, 0) is 44.2 Å². The summed E-state index contributed by atoms with van der Waals surface area (Å²) in [6, 6.07) is 13.4. The van der Waals surface area contributed by atoms with Crippen LogP contribution in [-0.2, 0) is 6.54 Å². The van der Waals surface area contributed by atoms with E-state index in [1.54, 1.807) is 14.2 Å². The van der Waals surface area contributed by atoms with Crippen molar-refractivity contribution in [1.82, 2.24) is 14.5 Å². The third-order valence-electron chi connectivity index (χ3n) is 4.83. The molecule has 0 fully saturated rings. The number of carbonyl (C=O) groups is 1. The minimum Gasteiger partial charge on any atom is -0.493 e. The Morgan fingerprint density at radius 1 is 1.10 bits per heavy atom. The van der Waals surface area contributed by atoms with Gasteiger partial charge in [0.05, 0.1) is 30.9 Å². The van der Waals surface area contributed by atoms with Crippen molar-refractivity contribution in [2.45, 2.75) is 20.4 Å². The number of methoxy groups -OCH3 is 2. The van der Waals surface area contributed by atoms with Crippen LogP contribution in [0.25, 0.3) is 21.6 Å². The highest BCUT2D eigenvalue weighted by atomic mass is 32.1. The van der Waals surface area contributed by atoms with Crippen LogP contribution < -0.4 is 14.8 Å². The van der Waals surface area contributed by atoms with Gasteiger partial charge in [0.15, 0.2) is 11.5 Å². The van der Waals surface area contributed by atoms with E-state index in [0.29, 0.717) is 34.6 Å². The molecule has 0 saturated carbocycles. The molecular formula is C22H22N4O3S. The summed E-state index contributed by atoms with van der Waals surface area (Å²) in [5.74, 6) is 1.57. The van der Waals surface area contributed by atoms with Crippen molar-refractivity contribution in [1.29, 1.82) is 0 Å². The molecule has 0 aliphatic heterocycles. The zero-order valence-corrected chi connectivity index (χ0v) is 18.0. The molecular weight excluding hydrogens is 400 g/mol. The molecule has 2 aromatic heterocycles. The van der Waals surface area contributed by atoms with E-state index in [9.17, 15) is 4.79 Å². The van der Waals surface area contributed by atoms with E-state index in [0.717, 1.165) is 21.6 Å². The second-order valence-electron chi connectivity index (χ2n) is 6.63. The average Bonchev–Trinajstić information content (AvgIpc) is 3.32. The van der Waals surface area contributed by atoms with Gasteiger partial charge < -0.3 is 14.0 Å². The first-order valence-electron chi connectivity index (χ1n) is 9.52. The number of nitrogens with zero attached hydrogens (tertiary/aromatic N) is 3. The first-order valence-corrected chi connectivity index (χ1v) is 10.3. The maximum absolute atomic E-state index is 13.0. The van der Waals surface area contributed by atoms with Gasteiger partial charge in [-0.2, -0.15) is 0 Å². The Labute approximate surface area is 178 Å². The Morgan fingerprint density at radius 3 is 2.60 bits per heavy atom. The second kappa shape index (κ2) is 8.16. The molecule has 1 amide bonds. The van der Waals surface area contributed by atoms with Gasteiger partial charge in [-0.25, -0.2) is 9.97 Å². The van der Waals surface area contributed by atoms with Gasteiger partial charge in [0.1, 0.15) is 9.88 Å². The number of aryl methyl sites for hydroxylation is 2. The molecule has 0 spiro atoms. The number of rotatable bonds is 6. The van der Waals surface area contributed by atoms with Gasteiger partial charge in [-0.1, -0.05) is 12.1 Å². The molecule has 1 N–H and O–H groups in total. The highest BCUT2D eigenvalue weighted by Crippen LogP contribution is 2.35. The molecule has 4 aromatic rings. The van der Waals surface area contributed by atoms with E-state index in [1.165, 1.54) is 11.3 Å². The summed E-state index contributed by atoms with van der Waals surface area (Å²) in [5, 5.41) is 3.69. The predicted octanol–water partition coefficient (Wildman–Crippen LogP) is 4.76. The maximum atomic E-state index is 13.0. The quantitative estimate of drug-likeness (QED) is 0.485. The highest BCUT2D eigenvalue weighted by Gasteiger charge is 2.20. The topological polar surface area (TPSA) is 78.3 Å². The number of ether oxygens (including phenoxy) is 2. The minimum absolute atomic E-state index is 0.221. The van der Waals surface area contributed by atoms with Gasteiger partial charge in [-0.15, -0.1) is 11.3 Å². The van der Waals surface area contributed by atoms with Crippen molar-refractivity contribution in [3.63, 3.8) is 0 Å². The minimum atomic E-state index is -0.221. The number of aromatic nitrogens is 3. The summed E-state index contributed by atoms with van der Waals surface area (Å²) in [7, 11) is 3.19. The fraction of sp³-hybridized carbons (Fsp3) is 0.227. The van der Waals surface area contributed by atoms with Crippen LogP contribution in [0, 0.1) is 6.92 Å². The van der Waals surface area contributed by atoms with E-state index >= 15 is 0 Å². The molecule has 8 heteroatoms. The highest BCUT2D eigenvalue weighted by molar-refractivity contribution is 7.17. The summed E-state index contributed by atoms with van der Waals surface area (Å²) in [5.41, 5.74) is 3.37. The first-order chi connectivity index (χ1) is 14.5. The first kappa shape index (κ1) is 19.9. The number of para-hydroxylation sites is 2. The van der Waals surface area contributed by atoms with Crippen molar-refractivity contribution >= 4 is 34.2 Å². The third-order valence-corrected chi connectivity index (χ3v) is 6.03. The normalized spacial score (nSPS) is 10.9. The fourth-order valence-corrected chi connectivity index (χ4v) is 4.31. The van der Waals surface area contributed by atoms with Crippen LogP contribution in [0.2, 0.25) is 0 Å². The van der Waals surface area contributed by atoms with Crippen LogP contribution in [0.5, 0.6) is 11.5 Å². The van der Waals surface area contributed by atoms with Crippen molar-refractivity contribution in [2.24, 2.45) is 0 Å². The molecule has 30 heavy (non-hydrogen) atoms. The van der Waals surface area contributed by atoms with Gasteiger partial charge in [0, 0.05) is 12.1 Å². The summed E-state index contributed by atoms with van der Waals surface area (Å²) in [4.78, 5) is 22.7. The zero-order chi connectivity index (χ0) is 21.3. The summed E-state index contributed by atoms with van der Waals surface area (Å²) in [6.45, 7) is 4.56. The molecule has 0 aliphatic carbocycles. The number of benzene rings is 2. The lowest BCUT2D eigenvalue weighted by Crippen LogP contribution is -2.15. The number of thiazole rings is 1. The maximum Gasteiger partial charge on any atom is 0.269 e. The summed E-state index contributed by atoms with van der Waals surface area (Å²) >= 11 is 1.34. The van der Waals surface area contributed by atoms with Crippen LogP contribution in [0.4, 0.5) is 5.95 Å². The van der Waals surface area contributed by atoms with Crippen LogP contribution in [0.3, 0.4) is 0 Å². The lowest BCUT2D eigenvalue weighted by atomic mass is 10.2. The van der Waals surface area contributed by atoms with E-state index in [2.05, 4.69) is 15.3 Å². The summed E-state index contributed by atoms with van der Waals surface area (Å²) < 4.78 is 12.7. The van der Waals surface area contributed by atoms with Crippen molar-refractivity contribution < 1.29 is 14.3 Å². The molecule has 2 aromatic carbocycles. The number of carbonyl (C=O) groups excluding carboxylic acids is 1. The smallest absolute Gasteiger partial charge is 0.269 e. The van der Waals surface area contributed by atoms with Crippen molar-refractivity contribution in [2.75, 3.05) is 19.5 Å². The molecule has 2 heterocycles. The van der Waals surface area contributed by atoms with Crippen LogP contribution in [-0.4, -0.2) is 34.7 Å². The number of hydrogen-bond acceptors (Lipinski definition) is 6. The van der Waals surface area contributed by atoms with Gasteiger partial charge in [-0.3, -0.25) is 10.1 Å². The Balaban J connectivity index is 1.65. The molecule has 7 nitrogen and oxygen atoms in total. The van der Waals surface area contributed by atoms with Crippen LogP contribution in [0.1, 0.15) is 22.3 Å². The SMILES string of the molecule is CCn1c(NC(=O)c2sc(-c3ccc(OC)c(OC)c3)nc2C)nc2ccccc21. The Kier molecular flexibility index (Phi) is 5.41. The van der Waals surface area contributed by atoms with Crippen molar-refractivity contribution in [3.05, 3.63) is 53.0 Å². The Hall–Kier alpha value is -3.39. The van der Waals surface area contributed by atoms with E-state index in [-0.39, 0.29) is 5.91 Å². The van der Waals surface area contributed by atoms with Gasteiger partial charge in [0.2, 0.25) is 5.95 Å². The molecule has 4 rings (SSSR count). The Morgan fingerprint density at radius 2 is 1.87 bits per heavy atom. The standard InChI is InChI=1S/C22H22N4O3S/c1-5-26-16-9-7-6-8-15(16)24-22(26)25-20(27)19-13(2)23-21(30-19)14-10-11-17(28-3)18(12-14)29-4/h6-12H,5H2,1-4H3,(H,24,25,27).